The van der Waals surface area contributed by atoms with Crippen molar-refractivity contribution >= 4 is 27.5 Å². The van der Waals surface area contributed by atoms with Gasteiger partial charge in [0, 0.05) is 37.3 Å². The fraction of sp³-hybridized carbons (Fsp3) is 0.391. The molecule has 4 bridgehead atoms. The second kappa shape index (κ2) is 5.10. The SMILES string of the molecule is CC12CN3CC(C)(CN(C1)C3c1cc3cc4ccccc4cc3[nH]c1=O)C2=O. The van der Waals surface area contributed by atoms with Crippen molar-refractivity contribution in [1.29, 1.82) is 0 Å². The first-order valence-electron chi connectivity index (χ1n) is 9.95. The smallest absolute Gasteiger partial charge is 0.254 e. The van der Waals surface area contributed by atoms with E-state index in [0.29, 0.717) is 5.78 Å². The molecule has 3 aromatic rings. The molecule has 5 heterocycles. The molecular formula is C23H23N3O2. The van der Waals surface area contributed by atoms with Gasteiger partial charge < -0.3 is 4.98 Å². The third kappa shape index (κ3) is 2.03. The fourth-order valence-electron chi connectivity index (χ4n) is 6.10. The van der Waals surface area contributed by atoms with E-state index in [1.165, 1.54) is 5.39 Å². The Kier molecular flexibility index (Phi) is 3.00. The lowest BCUT2D eigenvalue weighted by atomic mass is 9.62. The number of fused-ring (bicyclic) bond motifs is 2. The normalized spacial score (nSPS) is 36.5. The highest BCUT2D eigenvalue weighted by molar-refractivity contribution is 5.96. The lowest BCUT2D eigenvalue weighted by Crippen LogP contribution is -2.75. The molecule has 0 amide bonds. The number of Topliss-reactive ketones (excluding diaryl/α,β-unsaturated/α-hetero) is 1. The van der Waals surface area contributed by atoms with Crippen LogP contribution in [-0.2, 0) is 4.79 Å². The van der Waals surface area contributed by atoms with Gasteiger partial charge in [0.25, 0.3) is 5.56 Å². The third-order valence-electron chi connectivity index (χ3n) is 7.01. The molecule has 4 fully saturated rings. The zero-order valence-electron chi connectivity index (χ0n) is 16.2. The predicted molar refractivity (Wildman–Crippen MR) is 109 cm³/mol. The Morgan fingerprint density at radius 3 is 2.04 bits per heavy atom. The van der Waals surface area contributed by atoms with Crippen LogP contribution in [0.15, 0.2) is 47.3 Å². The molecule has 2 aromatic carbocycles. The van der Waals surface area contributed by atoms with Crippen LogP contribution in [0.25, 0.3) is 21.7 Å². The summed E-state index contributed by atoms with van der Waals surface area (Å²) in [6.45, 7) is 7.10. The highest BCUT2D eigenvalue weighted by Crippen LogP contribution is 2.51. The van der Waals surface area contributed by atoms with Gasteiger partial charge in [-0.1, -0.05) is 38.1 Å². The van der Waals surface area contributed by atoms with E-state index in [9.17, 15) is 9.59 Å². The molecule has 0 saturated carbocycles. The van der Waals surface area contributed by atoms with Crippen LogP contribution < -0.4 is 5.56 Å². The average molecular weight is 373 g/mol. The van der Waals surface area contributed by atoms with Crippen molar-refractivity contribution in [2.24, 2.45) is 10.8 Å². The zero-order chi connectivity index (χ0) is 19.3. The number of benzene rings is 2. The van der Waals surface area contributed by atoms with Gasteiger partial charge in [-0.3, -0.25) is 19.4 Å². The lowest BCUT2D eigenvalue weighted by molar-refractivity contribution is -0.197. The number of H-pyrrole nitrogens is 1. The van der Waals surface area contributed by atoms with Gasteiger partial charge in [0.2, 0.25) is 0 Å². The van der Waals surface area contributed by atoms with Gasteiger partial charge in [0.05, 0.1) is 17.0 Å². The van der Waals surface area contributed by atoms with Crippen LogP contribution in [0.1, 0.15) is 25.6 Å². The number of hydrogen-bond donors (Lipinski definition) is 1. The Bertz CT molecular complexity index is 1190. The monoisotopic (exact) mass is 373 g/mol. The van der Waals surface area contributed by atoms with Crippen molar-refractivity contribution < 1.29 is 4.79 Å². The van der Waals surface area contributed by atoms with Crippen LogP contribution in [0, 0.1) is 10.8 Å². The fourth-order valence-corrected chi connectivity index (χ4v) is 6.10. The summed E-state index contributed by atoms with van der Waals surface area (Å²) >= 11 is 0. The maximum Gasteiger partial charge on any atom is 0.254 e. The minimum Gasteiger partial charge on any atom is -0.322 e. The van der Waals surface area contributed by atoms with Crippen LogP contribution in [0.2, 0.25) is 0 Å². The van der Waals surface area contributed by atoms with Crippen LogP contribution in [0.3, 0.4) is 0 Å². The molecule has 0 aliphatic carbocycles. The molecule has 4 aliphatic rings. The van der Waals surface area contributed by atoms with E-state index >= 15 is 0 Å². The molecule has 5 heteroatoms. The predicted octanol–water partition coefficient (Wildman–Crippen LogP) is 2.91. The molecule has 1 N–H and O–H groups in total. The molecule has 7 rings (SSSR count). The first kappa shape index (κ1) is 16.5. The van der Waals surface area contributed by atoms with E-state index in [-0.39, 0.29) is 22.6 Å². The molecule has 1 aromatic heterocycles. The van der Waals surface area contributed by atoms with Crippen molar-refractivity contribution in [3.8, 4) is 0 Å². The Labute approximate surface area is 162 Å². The number of nitrogens with one attached hydrogen (secondary N) is 1. The molecular weight excluding hydrogens is 350 g/mol. The second-order valence-electron chi connectivity index (χ2n) is 9.47. The summed E-state index contributed by atoms with van der Waals surface area (Å²) in [5, 5.41) is 3.35. The van der Waals surface area contributed by atoms with E-state index in [1.807, 2.05) is 18.2 Å². The summed E-state index contributed by atoms with van der Waals surface area (Å²) in [7, 11) is 0. The van der Waals surface area contributed by atoms with Crippen LogP contribution in [-0.4, -0.2) is 46.7 Å². The number of carbonyl (C=O) groups is 1. The Morgan fingerprint density at radius 2 is 1.43 bits per heavy atom. The number of aromatic amines is 1. The number of pyridine rings is 1. The number of hydrogen-bond acceptors (Lipinski definition) is 4. The number of piperidine rings is 2. The quantitative estimate of drug-likeness (QED) is 0.667. The van der Waals surface area contributed by atoms with Crippen molar-refractivity contribution in [2.45, 2.75) is 20.0 Å². The molecule has 0 atom stereocenters. The Hall–Kier alpha value is -2.50. The largest absolute Gasteiger partial charge is 0.322 e. The van der Waals surface area contributed by atoms with Gasteiger partial charge >= 0.3 is 0 Å². The average Bonchev–Trinajstić information content (AvgIpc) is 2.64. The van der Waals surface area contributed by atoms with E-state index in [4.69, 9.17) is 0 Å². The maximum absolute atomic E-state index is 13.0. The topological polar surface area (TPSA) is 56.4 Å². The summed E-state index contributed by atoms with van der Waals surface area (Å²) in [5.74, 6) is 0.393. The van der Waals surface area contributed by atoms with Gasteiger partial charge in [-0.25, -0.2) is 0 Å². The second-order valence-corrected chi connectivity index (χ2v) is 9.47. The van der Waals surface area contributed by atoms with Crippen molar-refractivity contribution in [2.75, 3.05) is 26.2 Å². The van der Waals surface area contributed by atoms with Crippen LogP contribution in [0.5, 0.6) is 0 Å². The van der Waals surface area contributed by atoms with Crippen LogP contribution >= 0.6 is 0 Å². The highest BCUT2D eigenvalue weighted by Gasteiger charge is 2.62. The van der Waals surface area contributed by atoms with E-state index in [2.05, 4.69) is 52.9 Å². The Balaban J connectivity index is 1.50. The maximum atomic E-state index is 13.0. The van der Waals surface area contributed by atoms with E-state index in [1.54, 1.807) is 0 Å². The van der Waals surface area contributed by atoms with Gasteiger partial charge in [-0.2, -0.15) is 0 Å². The van der Waals surface area contributed by atoms with Gasteiger partial charge in [-0.15, -0.1) is 0 Å². The third-order valence-corrected chi connectivity index (χ3v) is 7.01. The molecule has 0 radical (unpaired) electrons. The van der Waals surface area contributed by atoms with Crippen LogP contribution in [0.4, 0.5) is 0 Å². The van der Waals surface area contributed by atoms with Crippen molar-refractivity contribution in [3.05, 3.63) is 58.4 Å². The first-order valence-corrected chi connectivity index (χ1v) is 9.95. The molecule has 142 valence electrons. The standard InChI is InChI=1S/C23H23N3O2/c1-22-10-25-12-23(2,21(22)28)13-26(11-22)20(25)17-8-16-7-14-5-3-4-6-15(14)9-18(16)24-19(17)27/h3-9,20H,10-13H2,1-2H3,(H,24,27). The summed E-state index contributed by atoms with van der Waals surface area (Å²) in [6, 6.07) is 14.5. The summed E-state index contributed by atoms with van der Waals surface area (Å²) in [4.78, 5) is 33.7. The molecule has 5 nitrogen and oxygen atoms in total. The molecule has 0 spiro atoms. The highest BCUT2D eigenvalue weighted by atomic mass is 16.1. The number of carbonyl (C=O) groups excluding carboxylic acids is 1. The molecule has 0 unspecified atom stereocenters. The van der Waals surface area contributed by atoms with Gasteiger partial charge in [0.15, 0.2) is 0 Å². The first-order chi connectivity index (χ1) is 13.4. The van der Waals surface area contributed by atoms with Gasteiger partial charge in [-0.05, 0) is 34.4 Å². The molecule has 28 heavy (non-hydrogen) atoms. The number of rotatable bonds is 1. The summed E-state index contributed by atoms with van der Waals surface area (Å²) < 4.78 is 0. The summed E-state index contributed by atoms with van der Waals surface area (Å²) in [5.41, 5.74) is 1.00. The van der Waals surface area contributed by atoms with Gasteiger partial charge in [0.1, 0.15) is 5.78 Å². The van der Waals surface area contributed by atoms with Crippen molar-refractivity contribution in [1.82, 2.24) is 14.8 Å². The van der Waals surface area contributed by atoms with Crippen molar-refractivity contribution in [3.63, 3.8) is 0 Å². The van der Waals surface area contributed by atoms with E-state index < -0.39 is 0 Å². The minimum atomic E-state index is -0.318. The number of aromatic nitrogens is 1. The zero-order valence-corrected chi connectivity index (χ0v) is 16.2. The summed E-state index contributed by atoms with van der Waals surface area (Å²) in [6.07, 6.45) is -0.0473. The minimum absolute atomic E-state index is 0.0260. The van der Waals surface area contributed by atoms with E-state index in [0.717, 1.165) is 48.0 Å². The Morgan fingerprint density at radius 1 is 0.857 bits per heavy atom. The lowest BCUT2D eigenvalue weighted by Gasteiger charge is -2.64. The molecule has 4 saturated heterocycles. The number of nitrogens with zero attached hydrogens (tertiary/aromatic N) is 2. The molecule has 4 aliphatic heterocycles. The number of ketones is 1.